The summed E-state index contributed by atoms with van der Waals surface area (Å²) >= 11 is 0. The molecule has 132 valence electrons. The van der Waals surface area contributed by atoms with Gasteiger partial charge in [0.15, 0.2) is 6.04 Å². The van der Waals surface area contributed by atoms with E-state index in [0.29, 0.717) is 5.56 Å². The number of hydrogen-bond acceptors (Lipinski definition) is 4. The van der Waals surface area contributed by atoms with Crippen LogP contribution in [0.4, 0.5) is 4.79 Å². The quantitative estimate of drug-likeness (QED) is 0.749. The zero-order chi connectivity index (χ0) is 18.4. The number of carbonyl (C=O) groups excluding carboxylic acids is 1. The van der Waals surface area contributed by atoms with E-state index in [-0.39, 0.29) is 6.61 Å². The number of nitrogens with one attached hydrogen (secondary N) is 1. The maximum atomic E-state index is 11.9. The molecule has 0 bridgehead atoms. The Kier molecular flexibility index (Phi) is 6.14. The molecule has 0 radical (unpaired) electrons. The van der Waals surface area contributed by atoms with E-state index in [1.54, 1.807) is 42.5 Å². The summed E-state index contributed by atoms with van der Waals surface area (Å²) in [7, 11) is 0. The summed E-state index contributed by atoms with van der Waals surface area (Å²) in [5.41, 5.74) is 3.14. The van der Waals surface area contributed by atoms with Crippen LogP contribution in [0.5, 0.6) is 0 Å². The normalized spacial score (nSPS) is 12.9. The first-order valence-corrected chi connectivity index (χ1v) is 7.83. The number of aryl methyl sites for hydroxylation is 2. The van der Waals surface area contributed by atoms with Gasteiger partial charge in [0.2, 0.25) is 0 Å². The van der Waals surface area contributed by atoms with Crippen LogP contribution in [-0.2, 0) is 16.1 Å². The van der Waals surface area contributed by atoms with Gasteiger partial charge in [-0.2, -0.15) is 0 Å². The number of aliphatic hydroxyl groups is 1. The van der Waals surface area contributed by atoms with E-state index < -0.39 is 24.2 Å². The van der Waals surface area contributed by atoms with Gasteiger partial charge in [-0.15, -0.1) is 0 Å². The lowest BCUT2D eigenvalue weighted by molar-refractivity contribution is -0.142. The van der Waals surface area contributed by atoms with Crippen LogP contribution in [0.2, 0.25) is 0 Å². The fraction of sp³-hybridized carbons (Fsp3) is 0.263. The molecule has 0 aliphatic heterocycles. The van der Waals surface area contributed by atoms with E-state index in [0.717, 1.165) is 16.7 Å². The van der Waals surface area contributed by atoms with Crippen molar-refractivity contribution in [2.24, 2.45) is 0 Å². The molecule has 2 aromatic rings. The molecular formula is C19H21NO5. The Bertz CT molecular complexity index is 745. The lowest BCUT2D eigenvalue weighted by Gasteiger charge is -2.21. The standard InChI is InChI=1S/C19H21NO5/c1-12-8-9-15(10-13(12)2)17(21)16(18(22)23)20-19(24)25-11-14-6-4-3-5-7-14/h3-10,16-17,21H,11H2,1-2H3,(H,20,24)(H,22,23)/t16-,17+/m0/s1. The van der Waals surface area contributed by atoms with Crippen LogP contribution >= 0.6 is 0 Å². The van der Waals surface area contributed by atoms with Crippen LogP contribution in [0.1, 0.15) is 28.4 Å². The van der Waals surface area contributed by atoms with E-state index in [9.17, 15) is 19.8 Å². The van der Waals surface area contributed by atoms with Crippen LogP contribution in [0.15, 0.2) is 48.5 Å². The minimum absolute atomic E-state index is 0.0126. The third kappa shape index (κ3) is 5.06. The van der Waals surface area contributed by atoms with Crippen LogP contribution < -0.4 is 5.32 Å². The number of alkyl carbamates (subject to hydrolysis) is 1. The molecule has 1 amide bonds. The molecule has 2 rings (SSSR count). The average molecular weight is 343 g/mol. The maximum Gasteiger partial charge on any atom is 0.408 e. The van der Waals surface area contributed by atoms with Gasteiger partial charge in [-0.3, -0.25) is 0 Å². The van der Waals surface area contributed by atoms with Crippen LogP contribution in [0, 0.1) is 13.8 Å². The number of amides is 1. The number of carboxylic acids is 1. The Labute approximate surface area is 146 Å². The molecule has 25 heavy (non-hydrogen) atoms. The van der Waals surface area contributed by atoms with Crippen molar-refractivity contribution in [3.8, 4) is 0 Å². The Morgan fingerprint density at radius 1 is 1.08 bits per heavy atom. The molecule has 0 spiro atoms. The summed E-state index contributed by atoms with van der Waals surface area (Å²) in [6.07, 6.45) is -2.29. The Hall–Kier alpha value is -2.86. The molecule has 3 N–H and O–H groups in total. The van der Waals surface area contributed by atoms with Gasteiger partial charge >= 0.3 is 12.1 Å². The van der Waals surface area contributed by atoms with Gasteiger partial charge in [0, 0.05) is 0 Å². The first-order chi connectivity index (χ1) is 11.9. The van der Waals surface area contributed by atoms with Gasteiger partial charge in [0.25, 0.3) is 0 Å². The Morgan fingerprint density at radius 3 is 2.36 bits per heavy atom. The molecule has 0 saturated carbocycles. The Morgan fingerprint density at radius 2 is 1.76 bits per heavy atom. The fourth-order valence-corrected chi connectivity index (χ4v) is 2.31. The minimum Gasteiger partial charge on any atom is -0.480 e. The first kappa shape index (κ1) is 18.5. The summed E-state index contributed by atoms with van der Waals surface area (Å²) in [5, 5.41) is 21.9. The molecule has 0 saturated heterocycles. The highest BCUT2D eigenvalue weighted by atomic mass is 16.5. The highest BCUT2D eigenvalue weighted by molar-refractivity contribution is 5.80. The van der Waals surface area contributed by atoms with Gasteiger partial charge in [-0.05, 0) is 36.1 Å². The van der Waals surface area contributed by atoms with Crippen molar-refractivity contribution in [2.75, 3.05) is 0 Å². The van der Waals surface area contributed by atoms with E-state index in [1.165, 1.54) is 0 Å². The summed E-state index contributed by atoms with van der Waals surface area (Å²) < 4.78 is 5.01. The van der Waals surface area contributed by atoms with E-state index in [4.69, 9.17) is 4.74 Å². The highest BCUT2D eigenvalue weighted by Gasteiger charge is 2.30. The third-order valence-corrected chi connectivity index (χ3v) is 3.94. The van der Waals surface area contributed by atoms with Crippen LogP contribution in [0.3, 0.4) is 0 Å². The third-order valence-electron chi connectivity index (χ3n) is 3.94. The predicted octanol–water partition coefficient (Wildman–Crippen LogP) is 2.72. The van der Waals surface area contributed by atoms with Crippen LogP contribution in [-0.4, -0.2) is 28.3 Å². The van der Waals surface area contributed by atoms with Crippen molar-refractivity contribution in [1.82, 2.24) is 5.32 Å². The largest absolute Gasteiger partial charge is 0.480 e. The highest BCUT2D eigenvalue weighted by Crippen LogP contribution is 2.20. The second-order valence-electron chi connectivity index (χ2n) is 5.81. The van der Waals surface area contributed by atoms with E-state index >= 15 is 0 Å². The number of benzene rings is 2. The Balaban J connectivity index is 2.03. The lowest BCUT2D eigenvalue weighted by Crippen LogP contribution is -2.45. The SMILES string of the molecule is Cc1ccc([C@@H](O)[C@H](NC(=O)OCc2ccccc2)C(=O)O)cc1C. The zero-order valence-electron chi connectivity index (χ0n) is 14.1. The topological polar surface area (TPSA) is 95.9 Å². The van der Waals surface area contributed by atoms with Gasteiger partial charge in [-0.1, -0.05) is 48.5 Å². The predicted molar refractivity (Wildman–Crippen MR) is 92.1 cm³/mol. The molecule has 0 aliphatic carbocycles. The number of carboxylic acid groups (broad SMARTS) is 1. The number of aliphatic hydroxyl groups excluding tert-OH is 1. The average Bonchev–Trinajstić information content (AvgIpc) is 2.60. The van der Waals surface area contributed by atoms with E-state index in [2.05, 4.69) is 5.32 Å². The van der Waals surface area contributed by atoms with Gasteiger partial charge in [0.05, 0.1) is 0 Å². The number of ether oxygens (including phenoxy) is 1. The first-order valence-electron chi connectivity index (χ1n) is 7.83. The number of carbonyl (C=O) groups is 2. The van der Waals surface area contributed by atoms with Gasteiger partial charge < -0.3 is 20.3 Å². The molecule has 2 atom stereocenters. The lowest BCUT2D eigenvalue weighted by atomic mass is 9.98. The maximum absolute atomic E-state index is 11.9. The van der Waals surface area contributed by atoms with Crippen LogP contribution in [0.25, 0.3) is 0 Å². The molecule has 2 aromatic carbocycles. The summed E-state index contributed by atoms with van der Waals surface area (Å²) in [5.74, 6) is -1.35. The molecule has 0 fully saturated rings. The summed E-state index contributed by atoms with van der Waals surface area (Å²) in [4.78, 5) is 23.3. The summed E-state index contributed by atoms with van der Waals surface area (Å²) in [6.45, 7) is 3.79. The smallest absolute Gasteiger partial charge is 0.408 e. The number of hydrogen-bond donors (Lipinski definition) is 3. The zero-order valence-corrected chi connectivity index (χ0v) is 14.1. The molecule has 0 aromatic heterocycles. The van der Waals surface area contributed by atoms with Crippen molar-refractivity contribution >= 4 is 12.1 Å². The van der Waals surface area contributed by atoms with Crippen molar-refractivity contribution in [1.29, 1.82) is 0 Å². The number of rotatable bonds is 6. The molecule has 0 aliphatic rings. The fourth-order valence-electron chi connectivity index (χ4n) is 2.31. The molecule has 6 heteroatoms. The molecule has 0 heterocycles. The van der Waals surface area contributed by atoms with Crippen molar-refractivity contribution in [3.63, 3.8) is 0 Å². The van der Waals surface area contributed by atoms with Crippen molar-refractivity contribution in [3.05, 3.63) is 70.8 Å². The minimum atomic E-state index is -1.51. The molecular weight excluding hydrogens is 322 g/mol. The monoisotopic (exact) mass is 343 g/mol. The van der Waals surface area contributed by atoms with Crippen molar-refractivity contribution in [2.45, 2.75) is 32.6 Å². The van der Waals surface area contributed by atoms with Gasteiger partial charge in [0.1, 0.15) is 12.7 Å². The van der Waals surface area contributed by atoms with E-state index in [1.807, 2.05) is 19.9 Å². The number of aliphatic carboxylic acids is 1. The van der Waals surface area contributed by atoms with Gasteiger partial charge in [-0.25, -0.2) is 9.59 Å². The molecule has 6 nitrogen and oxygen atoms in total. The summed E-state index contributed by atoms with van der Waals surface area (Å²) in [6, 6.07) is 12.6. The molecule has 0 unspecified atom stereocenters. The second-order valence-corrected chi connectivity index (χ2v) is 5.81. The second kappa shape index (κ2) is 8.30. The van der Waals surface area contributed by atoms with Crippen molar-refractivity contribution < 1.29 is 24.5 Å².